The Morgan fingerprint density at radius 2 is 1.20 bits per heavy atom. The second kappa shape index (κ2) is 8.98. The van der Waals surface area contributed by atoms with Crippen LogP contribution in [0, 0.1) is 0 Å². The fourth-order valence-corrected chi connectivity index (χ4v) is 0.427. The molecule has 0 unspecified atom stereocenters. The Morgan fingerprint density at radius 1 is 1.07 bits per heavy atom. The van der Waals surface area contributed by atoms with Gasteiger partial charge in [0.15, 0.2) is 0 Å². The Labute approximate surface area is 100.0 Å². The van der Waals surface area contributed by atoms with Crippen molar-refractivity contribution in [2.75, 3.05) is 17.2 Å². The van der Waals surface area contributed by atoms with Gasteiger partial charge >= 0.3 is 23.1 Å². The number of nitrogen functional groups attached to an aromatic ring is 3. The van der Waals surface area contributed by atoms with Crippen molar-refractivity contribution in [3.63, 3.8) is 0 Å². The van der Waals surface area contributed by atoms with Crippen LogP contribution in [0.2, 0.25) is 0 Å². The molecule has 1 heterocycles. The van der Waals surface area contributed by atoms with Crippen LogP contribution < -0.4 is 22.3 Å². The van der Waals surface area contributed by atoms with E-state index in [4.69, 9.17) is 32.2 Å². The van der Waals surface area contributed by atoms with E-state index in [1.165, 1.54) is 0 Å². The third-order valence-corrected chi connectivity index (χ3v) is 0.687. The molecule has 1 aromatic rings. The summed E-state index contributed by atoms with van der Waals surface area (Å²) in [6, 6.07) is 0. The summed E-state index contributed by atoms with van der Waals surface area (Å²) in [4.78, 5) is 18.9. The standard InChI is InChI=1S/C3H6N6.CH2O3.Mg.H2O/c4-1-7-2(5)9-3(6)8-1;2-1(3)4;;/h(H6,4,5,6,7,8,9);(H2,2,3,4);;1H2/q;;+2;/p-2. The topological polar surface area (TPSA) is 207 Å². The molecule has 11 heteroatoms. The first-order valence-corrected chi connectivity index (χ1v) is 2.84. The molecule has 0 aliphatic heterocycles. The smallest absolute Gasteiger partial charge is 0.870 e. The fourth-order valence-electron chi connectivity index (χ4n) is 0.427. The van der Waals surface area contributed by atoms with Crippen LogP contribution in [0.25, 0.3) is 0 Å². The first-order chi connectivity index (χ1) is 5.91. The molecular formula is C4H8MgN6O4. The molecule has 0 radical (unpaired) electrons. The molecule has 15 heavy (non-hydrogen) atoms. The third-order valence-electron chi connectivity index (χ3n) is 0.687. The SMILES string of the molecule is Nc1nc(N)nc(N)n1.O=C([O-])O.[Mg+2].[OH-]. The number of carboxylic acid groups (broad SMARTS) is 2. The van der Waals surface area contributed by atoms with Gasteiger partial charge in [0, 0.05) is 0 Å². The Hall–Kier alpha value is -1.59. The van der Waals surface area contributed by atoms with Crippen molar-refractivity contribution >= 4 is 47.1 Å². The largest absolute Gasteiger partial charge is 2.00 e. The molecule has 8 N–H and O–H groups in total. The molecule has 10 nitrogen and oxygen atoms in total. The molecule has 0 bridgehead atoms. The van der Waals surface area contributed by atoms with Gasteiger partial charge in [-0.05, 0) is 0 Å². The van der Waals surface area contributed by atoms with Gasteiger partial charge in [0.05, 0.1) is 0 Å². The summed E-state index contributed by atoms with van der Waals surface area (Å²) >= 11 is 0. The van der Waals surface area contributed by atoms with Crippen molar-refractivity contribution in [1.29, 1.82) is 0 Å². The summed E-state index contributed by atoms with van der Waals surface area (Å²) in [6.45, 7) is 0. The number of hydrogen-bond acceptors (Lipinski definition) is 9. The van der Waals surface area contributed by atoms with E-state index in [1.54, 1.807) is 0 Å². The van der Waals surface area contributed by atoms with Gasteiger partial charge in [0.1, 0.15) is 0 Å². The van der Waals surface area contributed by atoms with Gasteiger partial charge in [-0.1, -0.05) is 0 Å². The summed E-state index contributed by atoms with van der Waals surface area (Å²) in [5.41, 5.74) is 15.4. The van der Waals surface area contributed by atoms with E-state index in [9.17, 15) is 0 Å². The zero-order valence-corrected chi connectivity index (χ0v) is 8.91. The minimum atomic E-state index is -2.08. The van der Waals surface area contributed by atoms with Gasteiger partial charge in [-0.3, -0.25) is 0 Å². The van der Waals surface area contributed by atoms with E-state index in [0.717, 1.165) is 0 Å². The van der Waals surface area contributed by atoms with Crippen LogP contribution in [-0.2, 0) is 0 Å². The first-order valence-electron chi connectivity index (χ1n) is 2.84. The Bertz CT molecular complexity index is 255. The van der Waals surface area contributed by atoms with Crippen LogP contribution in [0.5, 0.6) is 0 Å². The summed E-state index contributed by atoms with van der Waals surface area (Å²) in [6.07, 6.45) is -2.08. The van der Waals surface area contributed by atoms with Gasteiger partial charge in [0.2, 0.25) is 24.0 Å². The minimum absolute atomic E-state index is 0. The zero-order valence-electron chi connectivity index (χ0n) is 7.49. The minimum Gasteiger partial charge on any atom is -0.870 e. The molecule has 0 atom stereocenters. The number of aromatic nitrogens is 3. The second-order valence-corrected chi connectivity index (χ2v) is 1.68. The number of anilines is 3. The Morgan fingerprint density at radius 3 is 1.33 bits per heavy atom. The zero-order chi connectivity index (χ0) is 10.4. The number of carbonyl (C=O) groups is 1. The molecule has 0 aromatic carbocycles. The summed E-state index contributed by atoms with van der Waals surface area (Å²) in [5, 5.41) is 15.3. The molecule has 0 aliphatic rings. The number of hydrogen-bond donors (Lipinski definition) is 4. The third kappa shape index (κ3) is 12.4. The average molecular weight is 228 g/mol. The van der Waals surface area contributed by atoms with E-state index in [-0.39, 0.29) is 46.4 Å². The van der Waals surface area contributed by atoms with Crippen LogP contribution >= 0.6 is 0 Å². The van der Waals surface area contributed by atoms with Crippen molar-refractivity contribution in [3.05, 3.63) is 0 Å². The second-order valence-electron chi connectivity index (χ2n) is 1.68. The van der Waals surface area contributed by atoms with Gasteiger partial charge in [-0.2, -0.15) is 15.0 Å². The number of rotatable bonds is 0. The predicted octanol–water partition coefficient (Wildman–Crippen LogP) is -3.05. The molecule has 0 amide bonds. The Kier molecular flexibility index (Phi) is 11.4. The predicted molar refractivity (Wildman–Crippen MR) is 48.8 cm³/mol. The van der Waals surface area contributed by atoms with Crippen LogP contribution in [0.1, 0.15) is 0 Å². The van der Waals surface area contributed by atoms with E-state index < -0.39 is 6.16 Å². The summed E-state index contributed by atoms with van der Waals surface area (Å²) in [7, 11) is 0. The van der Waals surface area contributed by atoms with Gasteiger partial charge in [0.25, 0.3) is 0 Å². The summed E-state index contributed by atoms with van der Waals surface area (Å²) < 4.78 is 0. The van der Waals surface area contributed by atoms with Crippen LogP contribution in [0.3, 0.4) is 0 Å². The van der Waals surface area contributed by atoms with E-state index >= 15 is 0 Å². The molecule has 1 aromatic heterocycles. The quantitative estimate of drug-likeness (QED) is 0.329. The molecule has 0 fully saturated rings. The van der Waals surface area contributed by atoms with Crippen LogP contribution in [-0.4, -0.2) is 54.7 Å². The van der Waals surface area contributed by atoms with Gasteiger partial charge < -0.3 is 37.7 Å². The van der Waals surface area contributed by atoms with Gasteiger partial charge in [-0.15, -0.1) is 0 Å². The maximum atomic E-state index is 8.44. The molecule has 0 aliphatic carbocycles. The maximum absolute atomic E-state index is 8.44. The van der Waals surface area contributed by atoms with E-state index in [1.807, 2.05) is 0 Å². The monoisotopic (exact) mass is 228 g/mol. The van der Waals surface area contributed by atoms with Crippen molar-refractivity contribution < 1.29 is 20.5 Å². The normalized spacial score (nSPS) is 7.20. The Balaban J connectivity index is -0.000000213. The molecule has 0 spiro atoms. The molecule has 1 rings (SSSR count). The fraction of sp³-hybridized carbons (Fsp3) is 0. The average Bonchev–Trinajstić information content (AvgIpc) is 1.80. The van der Waals surface area contributed by atoms with Gasteiger partial charge in [-0.25, -0.2) is 0 Å². The molecule has 0 saturated carbocycles. The van der Waals surface area contributed by atoms with Crippen molar-refractivity contribution in [1.82, 2.24) is 15.0 Å². The molecular weight excluding hydrogens is 220 g/mol. The van der Waals surface area contributed by atoms with Crippen molar-refractivity contribution in [2.45, 2.75) is 0 Å². The van der Waals surface area contributed by atoms with Crippen molar-refractivity contribution in [2.24, 2.45) is 0 Å². The van der Waals surface area contributed by atoms with Crippen LogP contribution in [0.15, 0.2) is 0 Å². The summed E-state index contributed by atoms with van der Waals surface area (Å²) in [5.74, 6) is 0.125. The van der Waals surface area contributed by atoms with E-state index in [2.05, 4.69) is 15.0 Å². The molecule has 0 saturated heterocycles. The first kappa shape index (κ1) is 19.1. The maximum Gasteiger partial charge on any atom is 2.00 e. The van der Waals surface area contributed by atoms with Crippen molar-refractivity contribution in [3.8, 4) is 0 Å². The number of nitrogens with two attached hydrogens (primary N) is 3. The van der Waals surface area contributed by atoms with Crippen LogP contribution in [0.4, 0.5) is 22.6 Å². The van der Waals surface area contributed by atoms with E-state index in [0.29, 0.717) is 0 Å². The number of nitrogens with zero attached hydrogens (tertiary/aromatic N) is 3. The molecule has 80 valence electrons.